The van der Waals surface area contributed by atoms with Crippen molar-refractivity contribution in [2.24, 2.45) is 0 Å². The molecule has 22 heavy (non-hydrogen) atoms. The lowest BCUT2D eigenvalue weighted by Crippen LogP contribution is -2.42. The molecule has 124 valence electrons. The van der Waals surface area contributed by atoms with Crippen molar-refractivity contribution >= 4 is 15.9 Å². The maximum absolute atomic E-state index is 13.5. The van der Waals surface area contributed by atoms with Gasteiger partial charge in [-0.15, -0.1) is 0 Å². The summed E-state index contributed by atoms with van der Waals surface area (Å²) in [6, 6.07) is 6.16. The molecule has 0 bridgehead atoms. The molecule has 0 aliphatic carbocycles. The van der Waals surface area contributed by atoms with E-state index in [-0.39, 0.29) is 25.3 Å². The van der Waals surface area contributed by atoms with Crippen LogP contribution in [0.3, 0.4) is 0 Å². The molecule has 1 aromatic rings. The second kappa shape index (κ2) is 8.82. The highest BCUT2D eigenvalue weighted by molar-refractivity contribution is 7.88. The molecule has 0 heterocycles. The van der Waals surface area contributed by atoms with Crippen molar-refractivity contribution in [3.63, 3.8) is 0 Å². The van der Waals surface area contributed by atoms with E-state index < -0.39 is 15.9 Å². The van der Waals surface area contributed by atoms with E-state index >= 15 is 0 Å². The largest absolute Gasteiger partial charge is 0.383 e. The van der Waals surface area contributed by atoms with E-state index in [0.29, 0.717) is 18.7 Å². The maximum atomic E-state index is 13.5. The number of hydrogen-bond donors (Lipinski definition) is 1. The number of carbonyl (C=O) groups is 1. The van der Waals surface area contributed by atoms with Crippen LogP contribution in [0.25, 0.3) is 0 Å². The standard InChI is InChI=1S/C14H21FN2O4S/c1-21-10-8-16-14(18)11-17(22(2,19)20)9-7-12-5-3-4-6-13(12)15/h3-6H,7-11H2,1-2H3,(H,16,18). The maximum Gasteiger partial charge on any atom is 0.235 e. The summed E-state index contributed by atoms with van der Waals surface area (Å²) in [5, 5.41) is 2.55. The quantitative estimate of drug-likeness (QED) is 0.664. The number of sulfonamides is 1. The highest BCUT2D eigenvalue weighted by atomic mass is 32.2. The Kier molecular flexibility index (Phi) is 7.43. The topological polar surface area (TPSA) is 75.7 Å². The number of halogens is 1. The molecule has 0 aliphatic heterocycles. The fourth-order valence-electron chi connectivity index (χ4n) is 1.82. The van der Waals surface area contributed by atoms with Crippen LogP contribution in [-0.4, -0.2) is 58.2 Å². The Balaban J connectivity index is 2.62. The average Bonchev–Trinajstić information content (AvgIpc) is 2.44. The first-order valence-corrected chi connectivity index (χ1v) is 8.63. The monoisotopic (exact) mass is 332 g/mol. The van der Waals surface area contributed by atoms with Crippen LogP contribution in [0.4, 0.5) is 4.39 Å². The summed E-state index contributed by atoms with van der Waals surface area (Å²) in [4.78, 5) is 11.7. The van der Waals surface area contributed by atoms with Crippen molar-refractivity contribution in [3.8, 4) is 0 Å². The van der Waals surface area contributed by atoms with E-state index in [1.54, 1.807) is 18.2 Å². The van der Waals surface area contributed by atoms with E-state index in [1.807, 2.05) is 0 Å². The van der Waals surface area contributed by atoms with Gasteiger partial charge in [0.2, 0.25) is 15.9 Å². The number of ether oxygens (including phenoxy) is 1. The molecular formula is C14H21FN2O4S. The van der Waals surface area contributed by atoms with Gasteiger partial charge in [-0.2, -0.15) is 4.31 Å². The molecule has 0 unspecified atom stereocenters. The molecule has 1 aromatic carbocycles. The van der Waals surface area contributed by atoms with E-state index in [4.69, 9.17) is 4.74 Å². The van der Waals surface area contributed by atoms with Gasteiger partial charge in [0, 0.05) is 20.2 Å². The Morgan fingerprint density at radius 2 is 2.05 bits per heavy atom. The van der Waals surface area contributed by atoms with Crippen LogP contribution in [0.2, 0.25) is 0 Å². The van der Waals surface area contributed by atoms with Crippen molar-refractivity contribution in [1.29, 1.82) is 0 Å². The fraction of sp³-hybridized carbons (Fsp3) is 0.500. The third-order valence-electron chi connectivity index (χ3n) is 3.01. The summed E-state index contributed by atoms with van der Waals surface area (Å²) >= 11 is 0. The number of hydrogen-bond acceptors (Lipinski definition) is 4. The van der Waals surface area contributed by atoms with Crippen molar-refractivity contribution in [1.82, 2.24) is 9.62 Å². The molecule has 0 spiro atoms. The second-order valence-electron chi connectivity index (χ2n) is 4.78. The minimum Gasteiger partial charge on any atom is -0.383 e. The van der Waals surface area contributed by atoms with E-state index in [1.165, 1.54) is 13.2 Å². The molecule has 1 N–H and O–H groups in total. The zero-order valence-corrected chi connectivity index (χ0v) is 13.5. The van der Waals surface area contributed by atoms with Crippen LogP contribution in [0.1, 0.15) is 5.56 Å². The van der Waals surface area contributed by atoms with E-state index in [2.05, 4.69) is 5.32 Å². The van der Waals surface area contributed by atoms with Gasteiger partial charge in [-0.05, 0) is 18.1 Å². The Morgan fingerprint density at radius 3 is 2.64 bits per heavy atom. The molecule has 0 aromatic heterocycles. The molecule has 1 rings (SSSR count). The summed E-state index contributed by atoms with van der Waals surface area (Å²) in [6.07, 6.45) is 1.22. The van der Waals surface area contributed by atoms with Gasteiger partial charge in [-0.1, -0.05) is 18.2 Å². The molecule has 0 atom stereocenters. The summed E-state index contributed by atoms with van der Waals surface area (Å²) in [6.45, 7) is 0.397. The molecule has 0 aliphatic rings. The van der Waals surface area contributed by atoms with Gasteiger partial charge in [0.25, 0.3) is 0 Å². The molecule has 8 heteroatoms. The van der Waals surface area contributed by atoms with Gasteiger partial charge in [0.1, 0.15) is 5.82 Å². The minimum absolute atomic E-state index is 0.0392. The third-order valence-corrected chi connectivity index (χ3v) is 4.26. The molecular weight excluding hydrogens is 311 g/mol. The lowest BCUT2D eigenvalue weighted by atomic mass is 10.1. The van der Waals surface area contributed by atoms with Gasteiger partial charge in [-0.25, -0.2) is 12.8 Å². The number of carbonyl (C=O) groups excluding carboxylic acids is 1. The smallest absolute Gasteiger partial charge is 0.235 e. The number of benzene rings is 1. The molecule has 6 nitrogen and oxygen atoms in total. The lowest BCUT2D eigenvalue weighted by Gasteiger charge is -2.19. The van der Waals surface area contributed by atoms with Gasteiger partial charge in [-0.3, -0.25) is 4.79 Å². The number of amides is 1. The van der Waals surface area contributed by atoms with Crippen molar-refractivity contribution < 1.29 is 22.3 Å². The van der Waals surface area contributed by atoms with Crippen molar-refractivity contribution in [2.45, 2.75) is 6.42 Å². The first kappa shape index (κ1) is 18.5. The summed E-state index contributed by atoms with van der Waals surface area (Å²) < 4.78 is 42.8. The predicted molar refractivity (Wildman–Crippen MR) is 81.4 cm³/mol. The molecule has 1 amide bonds. The number of nitrogens with zero attached hydrogens (tertiary/aromatic N) is 1. The zero-order chi connectivity index (χ0) is 16.6. The van der Waals surface area contributed by atoms with Gasteiger partial charge in [0.05, 0.1) is 19.4 Å². The number of nitrogens with one attached hydrogen (secondary N) is 1. The Labute approximate surface area is 130 Å². The van der Waals surface area contributed by atoms with Crippen LogP contribution in [0.5, 0.6) is 0 Å². The molecule has 0 fully saturated rings. The van der Waals surface area contributed by atoms with Crippen LogP contribution in [0, 0.1) is 5.82 Å². The van der Waals surface area contributed by atoms with Gasteiger partial charge >= 0.3 is 0 Å². The van der Waals surface area contributed by atoms with Crippen LogP contribution in [0.15, 0.2) is 24.3 Å². The van der Waals surface area contributed by atoms with Crippen molar-refractivity contribution in [2.75, 3.05) is 39.6 Å². The molecule has 0 radical (unpaired) electrons. The third kappa shape index (κ3) is 6.50. The summed E-state index contributed by atoms with van der Waals surface area (Å²) in [5.41, 5.74) is 0.413. The SMILES string of the molecule is COCCNC(=O)CN(CCc1ccccc1F)S(C)(=O)=O. The molecule has 0 saturated carbocycles. The Bertz CT molecular complexity index is 592. The van der Waals surface area contributed by atoms with Gasteiger partial charge in [0.15, 0.2) is 0 Å². The van der Waals surface area contributed by atoms with Crippen LogP contribution in [-0.2, 0) is 26.0 Å². The Hall–Kier alpha value is -1.51. The predicted octanol–water partition coefficient (Wildman–Crippen LogP) is 0.392. The van der Waals surface area contributed by atoms with Crippen LogP contribution < -0.4 is 5.32 Å². The first-order chi connectivity index (χ1) is 10.3. The minimum atomic E-state index is -3.55. The fourth-order valence-corrected chi connectivity index (χ4v) is 2.59. The van der Waals surface area contributed by atoms with Crippen molar-refractivity contribution in [3.05, 3.63) is 35.6 Å². The van der Waals surface area contributed by atoms with Crippen LogP contribution >= 0.6 is 0 Å². The second-order valence-corrected chi connectivity index (χ2v) is 6.76. The average molecular weight is 332 g/mol. The number of methoxy groups -OCH3 is 1. The van der Waals surface area contributed by atoms with E-state index in [9.17, 15) is 17.6 Å². The first-order valence-electron chi connectivity index (χ1n) is 6.78. The highest BCUT2D eigenvalue weighted by Crippen LogP contribution is 2.09. The highest BCUT2D eigenvalue weighted by Gasteiger charge is 2.20. The number of rotatable bonds is 9. The molecule has 0 saturated heterocycles. The lowest BCUT2D eigenvalue weighted by molar-refractivity contribution is -0.121. The Morgan fingerprint density at radius 1 is 1.36 bits per heavy atom. The van der Waals surface area contributed by atoms with Gasteiger partial charge < -0.3 is 10.1 Å². The summed E-state index contributed by atoms with van der Waals surface area (Å²) in [7, 11) is -2.05. The van der Waals surface area contributed by atoms with E-state index in [0.717, 1.165) is 10.6 Å². The zero-order valence-electron chi connectivity index (χ0n) is 12.7. The normalized spacial score (nSPS) is 11.6. The summed E-state index contributed by atoms with van der Waals surface area (Å²) in [5.74, 6) is -0.809.